The van der Waals surface area contributed by atoms with Gasteiger partial charge in [-0.25, -0.2) is 0 Å². The van der Waals surface area contributed by atoms with Crippen molar-refractivity contribution in [2.24, 2.45) is 5.73 Å². The van der Waals surface area contributed by atoms with Gasteiger partial charge in [0.15, 0.2) is 5.78 Å². The maximum atomic E-state index is 11.5. The van der Waals surface area contributed by atoms with Gasteiger partial charge in [-0.3, -0.25) is 9.59 Å². The van der Waals surface area contributed by atoms with Crippen molar-refractivity contribution in [1.29, 1.82) is 0 Å². The van der Waals surface area contributed by atoms with Gasteiger partial charge in [0.2, 0.25) is 6.41 Å². The van der Waals surface area contributed by atoms with Gasteiger partial charge in [-0.2, -0.15) is 0 Å². The SMILES string of the molecule is CCC1(N)CCC(NC=O)C1=O. The first-order valence-corrected chi connectivity index (χ1v) is 4.17. The van der Waals surface area contributed by atoms with Gasteiger partial charge < -0.3 is 11.1 Å². The summed E-state index contributed by atoms with van der Waals surface area (Å²) in [6.45, 7) is 1.89. The van der Waals surface area contributed by atoms with Crippen LogP contribution in [0, 0.1) is 0 Å². The molecule has 1 aliphatic rings. The van der Waals surface area contributed by atoms with Gasteiger partial charge in [-0.1, -0.05) is 6.92 Å². The molecule has 4 nitrogen and oxygen atoms in total. The topological polar surface area (TPSA) is 72.2 Å². The average Bonchev–Trinajstić information content (AvgIpc) is 2.35. The van der Waals surface area contributed by atoms with Crippen LogP contribution in [0.2, 0.25) is 0 Å². The molecule has 68 valence electrons. The lowest BCUT2D eigenvalue weighted by Crippen LogP contribution is -2.48. The zero-order valence-corrected chi connectivity index (χ0v) is 7.17. The fourth-order valence-electron chi connectivity index (χ4n) is 1.60. The third-order valence-electron chi connectivity index (χ3n) is 2.59. The number of nitrogens with one attached hydrogen (secondary N) is 1. The van der Waals surface area contributed by atoms with E-state index >= 15 is 0 Å². The average molecular weight is 170 g/mol. The quantitative estimate of drug-likeness (QED) is 0.564. The Morgan fingerprint density at radius 1 is 1.83 bits per heavy atom. The molecule has 0 aromatic carbocycles. The van der Waals surface area contributed by atoms with E-state index in [1.807, 2.05) is 6.92 Å². The number of hydrogen-bond acceptors (Lipinski definition) is 3. The lowest BCUT2D eigenvalue weighted by molar-refractivity contribution is -0.125. The molecule has 0 radical (unpaired) electrons. The summed E-state index contributed by atoms with van der Waals surface area (Å²) in [6, 6.07) is -0.354. The molecule has 0 aromatic rings. The molecule has 1 amide bonds. The normalized spacial score (nSPS) is 35.2. The molecular weight excluding hydrogens is 156 g/mol. The Morgan fingerprint density at radius 2 is 2.50 bits per heavy atom. The number of hydrogen-bond donors (Lipinski definition) is 2. The minimum atomic E-state index is -0.694. The van der Waals surface area contributed by atoms with Gasteiger partial charge in [0.25, 0.3) is 0 Å². The second-order valence-electron chi connectivity index (χ2n) is 3.25. The Balaban J connectivity index is 2.66. The summed E-state index contributed by atoms with van der Waals surface area (Å²) < 4.78 is 0. The molecule has 0 aliphatic heterocycles. The smallest absolute Gasteiger partial charge is 0.207 e. The van der Waals surface area contributed by atoms with E-state index in [2.05, 4.69) is 5.32 Å². The number of Topliss-reactive ketones (excluding diaryl/α,β-unsaturated/α-hetero) is 1. The molecular formula is C8H14N2O2. The third-order valence-corrected chi connectivity index (χ3v) is 2.59. The number of amides is 1. The standard InChI is InChI=1S/C8H14N2O2/c1-2-8(9)4-3-6(7(8)12)10-5-11/h5-6H,2-4,9H2,1H3,(H,10,11). The van der Waals surface area contributed by atoms with Crippen molar-refractivity contribution in [3.63, 3.8) is 0 Å². The van der Waals surface area contributed by atoms with Crippen LogP contribution in [0.25, 0.3) is 0 Å². The first kappa shape index (κ1) is 9.19. The highest BCUT2D eigenvalue weighted by Crippen LogP contribution is 2.26. The van der Waals surface area contributed by atoms with Crippen LogP contribution in [-0.2, 0) is 9.59 Å². The third kappa shape index (κ3) is 1.34. The van der Waals surface area contributed by atoms with E-state index < -0.39 is 5.54 Å². The second-order valence-corrected chi connectivity index (χ2v) is 3.25. The molecule has 4 heteroatoms. The minimum absolute atomic E-state index is 0.0305. The summed E-state index contributed by atoms with van der Waals surface area (Å²) in [6.07, 6.45) is 2.54. The Labute approximate surface area is 71.5 Å². The van der Waals surface area contributed by atoms with Gasteiger partial charge in [0.1, 0.15) is 0 Å². The fourth-order valence-corrected chi connectivity index (χ4v) is 1.60. The van der Waals surface area contributed by atoms with Crippen molar-refractivity contribution in [3.05, 3.63) is 0 Å². The lowest BCUT2D eigenvalue weighted by Gasteiger charge is -2.19. The molecule has 0 aromatic heterocycles. The summed E-state index contributed by atoms with van der Waals surface area (Å²) >= 11 is 0. The van der Waals surface area contributed by atoms with Crippen molar-refractivity contribution < 1.29 is 9.59 Å². The minimum Gasteiger partial charge on any atom is -0.349 e. The van der Waals surface area contributed by atoms with E-state index in [0.29, 0.717) is 25.7 Å². The van der Waals surface area contributed by atoms with Crippen LogP contribution >= 0.6 is 0 Å². The van der Waals surface area contributed by atoms with Gasteiger partial charge >= 0.3 is 0 Å². The maximum absolute atomic E-state index is 11.5. The molecule has 2 unspecified atom stereocenters. The molecule has 1 rings (SSSR count). The predicted octanol–water partition coefficient (Wildman–Crippen LogP) is -0.429. The molecule has 0 bridgehead atoms. The van der Waals surface area contributed by atoms with E-state index in [4.69, 9.17) is 5.73 Å². The molecule has 0 heterocycles. The highest BCUT2D eigenvalue weighted by Gasteiger charge is 2.43. The number of nitrogens with two attached hydrogens (primary N) is 1. The largest absolute Gasteiger partial charge is 0.349 e. The van der Waals surface area contributed by atoms with Crippen molar-refractivity contribution in [3.8, 4) is 0 Å². The van der Waals surface area contributed by atoms with E-state index in [-0.39, 0.29) is 11.8 Å². The number of rotatable bonds is 3. The fraction of sp³-hybridized carbons (Fsp3) is 0.750. The van der Waals surface area contributed by atoms with Crippen molar-refractivity contribution in [2.75, 3.05) is 0 Å². The zero-order valence-electron chi connectivity index (χ0n) is 7.17. The monoisotopic (exact) mass is 170 g/mol. The number of carbonyl (C=O) groups is 2. The van der Waals surface area contributed by atoms with Crippen LogP contribution in [0.1, 0.15) is 26.2 Å². The van der Waals surface area contributed by atoms with Crippen molar-refractivity contribution >= 4 is 12.2 Å². The Kier molecular flexibility index (Phi) is 2.47. The first-order chi connectivity index (χ1) is 5.64. The second kappa shape index (κ2) is 3.23. The summed E-state index contributed by atoms with van der Waals surface area (Å²) in [5.74, 6) is -0.0305. The van der Waals surface area contributed by atoms with Crippen LogP contribution in [0.15, 0.2) is 0 Å². The summed E-state index contributed by atoms with van der Waals surface area (Å²) in [5, 5.41) is 2.47. The molecule has 1 fully saturated rings. The van der Waals surface area contributed by atoms with Gasteiger partial charge in [-0.15, -0.1) is 0 Å². The van der Waals surface area contributed by atoms with Crippen LogP contribution < -0.4 is 11.1 Å². The first-order valence-electron chi connectivity index (χ1n) is 4.17. The Hall–Kier alpha value is -0.900. The van der Waals surface area contributed by atoms with Crippen LogP contribution in [0.4, 0.5) is 0 Å². The summed E-state index contributed by atoms with van der Waals surface area (Å²) in [4.78, 5) is 21.6. The number of ketones is 1. The Morgan fingerprint density at radius 3 is 2.92 bits per heavy atom. The van der Waals surface area contributed by atoms with Gasteiger partial charge in [0, 0.05) is 0 Å². The molecule has 0 spiro atoms. The highest BCUT2D eigenvalue weighted by molar-refractivity contribution is 5.95. The van der Waals surface area contributed by atoms with Crippen molar-refractivity contribution in [2.45, 2.75) is 37.8 Å². The lowest BCUT2D eigenvalue weighted by atomic mass is 9.94. The Bertz CT molecular complexity index is 205. The zero-order chi connectivity index (χ0) is 9.19. The van der Waals surface area contributed by atoms with Gasteiger partial charge in [-0.05, 0) is 19.3 Å². The summed E-state index contributed by atoms with van der Waals surface area (Å²) in [5.41, 5.74) is 5.12. The van der Waals surface area contributed by atoms with E-state index in [1.165, 1.54) is 0 Å². The van der Waals surface area contributed by atoms with Crippen LogP contribution in [0.5, 0.6) is 0 Å². The molecule has 0 saturated heterocycles. The molecule has 12 heavy (non-hydrogen) atoms. The van der Waals surface area contributed by atoms with E-state index in [9.17, 15) is 9.59 Å². The van der Waals surface area contributed by atoms with E-state index in [0.717, 1.165) is 0 Å². The molecule has 1 saturated carbocycles. The van der Waals surface area contributed by atoms with Crippen LogP contribution in [0.3, 0.4) is 0 Å². The van der Waals surface area contributed by atoms with Gasteiger partial charge in [0.05, 0.1) is 11.6 Å². The predicted molar refractivity (Wildman–Crippen MR) is 44.4 cm³/mol. The van der Waals surface area contributed by atoms with E-state index in [1.54, 1.807) is 0 Å². The molecule has 1 aliphatic carbocycles. The molecule has 2 atom stereocenters. The van der Waals surface area contributed by atoms with Crippen LogP contribution in [-0.4, -0.2) is 23.8 Å². The molecule has 3 N–H and O–H groups in total. The number of carbonyl (C=O) groups excluding carboxylic acids is 2. The maximum Gasteiger partial charge on any atom is 0.207 e. The highest BCUT2D eigenvalue weighted by atomic mass is 16.1. The van der Waals surface area contributed by atoms with Crippen molar-refractivity contribution in [1.82, 2.24) is 5.32 Å². The summed E-state index contributed by atoms with van der Waals surface area (Å²) in [7, 11) is 0.